The summed E-state index contributed by atoms with van der Waals surface area (Å²) in [5.74, 6) is -0.0132. The van der Waals surface area contributed by atoms with Crippen LogP contribution in [0.4, 0.5) is 0 Å². The monoisotopic (exact) mass is 266 g/mol. The van der Waals surface area contributed by atoms with Crippen LogP contribution in [-0.2, 0) is 9.59 Å². The van der Waals surface area contributed by atoms with Gasteiger partial charge in [0.05, 0.1) is 6.54 Å². The lowest BCUT2D eigenvalue weighted by atomic mass is 9.98. The maximum absolute atomic E-state index is 12.2. The Labute approximate surface area is 113 Å². The molecule has 3 aliphatic heterocycles. The molecule has 0 radical (unpaired) electrons. The van der Waals surface area contributed by atoms with Crippen molar-refractivity contribution in [1.82, 2.24) is 20.9 Å². The number of piperidine rings is 1. The molecule has 2 amide bonds. The van der Waals surface area contributed by atoms with Gasteiger partial charge in [-0.1, -0.05) is 6.42 Å². The average Bonchev–Trinajstić information content (AvgIpc) is 2.83. The van der Waals surface area contributed by atoms with E-state index in [0.29, 0.717) is 12.6 Å². The number of nitrogens with zero attached hydrogens (tertiary/aromatic N) is 1. The molecule has 3 saturated heterocycles. The third-order valence-electron chi connectivity index (χ3n) is 4.51. The Hall–Kier alpha value is -1.14. The summed E-state index contributed by atoms with van der Waals surface area (Å²) < 4.78 is 0. The van der Waals surface area contributed by atoms with Crippen LogP contribution in [0.25, 0.3) is 0 Å². The maximum Gasteiger partial charge on any atom is 0.239 e. The van der Waals surface area contributed by atoms with Crippen LogP contribution in [0.2, 0.25) is 0 Å². The van der Waals surface area contributed by atoms with E-state index in [-0.39, 0.29) is 30.4 Å². The summed E-state index contributed by atoms with van der Waals surface area (Å²) in [5.41, 5.74) is 0. The van der Waals surface area contributed by atoms with Gasteiger partial charge in [-0.05, 0) is 25.8 Å². The second-order valence-corrected chi connectivity index (χ2v) is 5.74. The minimum atomic E-state index is -0.282. The minimum Gasteiger partial charge on any atom is -0.353 e. The molecule has 19 heavy (non-hydrogen) atoms. The van der Waals surface area contributed by atoms with E-state index in [4.69, 9.17) is 0 Å². The van der Waals surface area contributed by atoms with E-state index >= 15 is 0 Å². The second kappa shape index (κ2) is 5.46. The van der Waals surface area contributed by atoms with Crippen molar-refractivity contribution in [3.8, 4) is 0 Å². The molecule has 3 fully saturated rings. The largest absolute Gasteiger partial charge is 0.353 e. The summed E-state index contributed by atoms with van der Waals surface area (Å²) in [4.78, 5) is 25.7. The molecule has 3 aliphatic rings. The Morgan fingerprint density at radius 3 is 2.95 bits per heavy atom. The van der Waals surface area contributed by atoms with Crippen molar-refractivity contribution < 1.29 is 9.59 Å². The summed E-state index contributed by atoms with van der Waals surface area (Å²) in [5, 5.41) is 8.87. The molecule has 3 unspecified atom stereocenters. The summed E-state index contributed by atoms with van der Waals surface area (Å²) in [6.07, 6.45) is 4.80. The van der Waals surface area contributed by atoms with Crippen LogP contribution in [0.3, 0.4) is 0 Å². The molecule has 6 heteroatoms. The summed E-state index contributed by atoms with van der Waals surface area (Å²) in [6.45, 7) is 2.91. The lowest BCUT2D eigenvalue weighted by Crippen LogP contribution is -2.60. The first-order valence-corrected chi connectivity index (χ1v) is 7.28. The van der Waals surface area contributed by atoms with Gasteiger partial charge >= 0.3 is 0 Å². The molecular formula is C13H22N4O2. The van der Waals surface area contributed by atoms with Gasteiger partial charge in [0, 0.05) is 25.2 Å². The second-order valence-electron chi connectivity index (χ2n) is 5.74. The van der Waals surface area contributed by atoms with Crippen molar-refractivity contribution in [3.05, 3.63) is 0 Å². The Morgan fingerprint density at radius 1 is 1.26 bits per heavy atom. The molecule has 3 N–H and O–H groups in total. The number of carbonyl (C=O) groups is 2. The fourth-order valence-corrected chi connectivity index (χ4v) is 3.45. The van der Waals surface area contributed by atoms with E-state index in [2.05, 4.69) is 20.9 Å². The van der Waals surface area contributed by atoms with Gasteiger partial charge < -0.3 is 10.6 Å². The topological polar surface area (TPSA) is 73.5 Å². The number of carbonyl (C=O) groups excluding carboxylic acids is 2. The van der Waals surface area contributed by atoms with Crippen LogP contribution in [0, 0.1) is 0 Å². The van der Waals surface area contributed by atoms with E-state index < -0.39 is 0 Å². The predicted octanol–water partition coefficient (Wildman–Crippen LogP) is -1.18. The smallest absolute Gasteiger partial charge is 0.239 e. The number of hydrogen-bond donors (Lipinski definition) is 3. The van der Waals surface area contributed by atoms with E-state index in [0.717, 1.165) is 13.0 Å². The van der Waals surface area contributed by atoms with Crippen LogP contribution < -0.4 is 16.0 Å². The van der Waals surface area contributed by atoms with Gasteiger partial charge in [-0.25, -0.2) is 0 Å². The van der Waals surface area contributed by atoms with Gasteiger partial charge in [-0.2, -0.15) is 0 Å². The van der Waals surface area contributed by atoms with Crippen LogP contribution in [0.1, 0.15) is 25.7 Å². The lowest BCUT2D eigenvalue weighted by molar-refractivity contribution is -0.127. The number of nitrogens with one attached hydrogen (secondary N) is 3. The molecule has 6 nitrogen and oxygen atoms in total. The van der Waals surface area contributed by atoms with Crippen molar-refractivity contribution in [2.24, 2.45) is 0 Å². The first-order valence-electron chi connectivity index (χ1n) is 7.28. The van der Waals surface area contributed by atoms with E-state index in [1.165, 1.54) is 25.8 Å². The molecule has 0 bridgehead atoms. The number of rotatable bonds is 2. The maximum atomic E-state index is 12.2. The fourth-order valence-electron chi connectivity index (χ4n) is 3.45. The molecule has 0 aromatic heterocycles. The van der Waals surface area contributed by atoms with Crippen molar-refractivity contribution in [2.75, 3.05) is 26.2 Å². The standard InChI is InChI=1S/C13H22N4O2/c18-12-8-14-10(7-15-12)13(19)16-9-4-6-17-5-2-1-3-11(9)17/h9-11,14H,1-8H2,(H,15,18)(H,16,19). The normalized spacial score (nSPS) is 35.6. The van der Waals surface area contributed by atoms with Crippen LogP contribution in [0.15, 0.2) is 0 Å². The number of amides is 2. The number of piperazine rings is 1. The van der Waals surface area contributed by atoms with Gasteiger partial charge in [-0.15, -0.1) is 0 Å². The third-order valence-corrected chi connectivity index (χ3v) is 4.51. The lowest BCUT2D eigenvalue weighted by Gasteiger charge is -2.33. The zero-order valence-corrected chi connectivity index (χ0v) is 11.2. The summed E-state index contributed by atoms with van der Waals surface area (Å²) >= 11 is 0. The SMILES string of the molecule is O=C1CNC(C(=O)NC2CCN3CCCCC23)CN1. The Morgan fingerprint density at radius 2 is 2.16 bits per heavy atom. The van der Waals surface area contributed by atoms with Gasteiger partial charge in [0.2, 0.25) is 11.8 Å². The molecule has 0 aliphatic carbocycles. The third kappa shape index (κ3) is 2.74. The Kier molecular flexibility index (Phi) is 3.70. The Balaban J connectivity index is 1.53. The molecule has 106 valence electrons. The molecule has 3 atom stereocenters. The van der Waals surface area contributed by atoms with E-state index in [9.17, 15) is 9.59 Å². The molecule has 3 rings (SSSR count). The zero-order chi connectivity index (χ0) is 13.2. The number of fused-ring (bicyclic) bond motifs is 1. The van der Waals surface area contributed by atoms with Crippen molar-refractivity contribution in [1.29, 1.82) is 0 Å². The molecule has 0 saturated carbocycles. The highest BCUT2D eigenvalue weighted by Crippen LogP contribution is 2.27. The van der Waals surface area contributed by atoms with Crippen molar-refractivity contribution in [2.45, 2.75) is 43.8 Å². The first kappa shape index (κ1) is 12.9. The van der Waals surface area contributed by atoms with Crippen LogP contribution in [0.5, 0.6) is 0 Å². The molecule has 3 heterocycles. The van der Waals surface area contributed by atoms with Crippen LogP contribution in [-0.4, -0.2) is 61.0 Å². The van der Waals surface area contributed by atoms with Gasteiger partial charge in [-0.3, -0.25) is 19.8 Å². The summed E-state index contributed by atoms with van der Waals surface area (Å²) in [7, 11) is 0. The highest BCUT2D eigenvalue weighted by molar-refractivity contribution is 5.86. The molecular weight excluding hydrogens is 244 g/mol. The van der Waals surface area contributed by atoms with E-state index in [1.807, 2.05) is 0 Å². The first-order chi connectivity index (χ1) is 9.24. The predicted molar refractivity (Wildman–Crippen MR) is 70.6 cm³/mol. The van der Waals surface area contributed by atoms with Gasteiger partial charge in [0.25, 0.3) is 0 Å². The minimum absolute atomic E-state index is 0.0254. The Bertz CT molecular complexity index is 364. The van der Waals surface area contributed by atoms with Crippen molar-refractivity contribution in [3.63, 3.8) is 0 Å². The number of hydrogen-bond acceptors (Lipinski definition) is 4. The van der Waals surface area contributed by atoms with Crippen molar-refractivity contribution >= 4 is 11.8 Å². The quantitative estimate of drug-likeness (QED) is 0.588. The zero-order valence-electron chi connectivity index (χ0n) is 11.2. The molecule has 0 spiro atoms. The van der Waals surface area contributed by atoms with E-state index in [1.54, 1.807) is 0 Å². The molecule has 0 aromatic carbocycles. The molecule has 0 aromatic rings. The fraction of sp³-hybridized carbons (Fsp3) is 0.846. The summed E-state index contributed by atoms with van der Waals surface area (Å²) in [6, 6.07) is 0.526. The highest BCUT2D eigenvalue weighted by Gasteiger charge is 2.37. The van der Waals surface area contributed by atoms with Gasteiger partial charge in [0.1, 0.15) is 6.04 Å². The highest BCUT2D eigenvalue weighted by atomic mass is 16.2. The van der Waals surface area contributed by atoms with Gasteiger partial charge in [0.15, 0.2) is 0 Å². The average molecular weight is 266 g/mol. The van der Waals surface area contributed by atoms with Crippen LogP contribution >= 0.6 is 0 Å².